The zero-order valence-corrected chi connectivity index (χ0v) is 8.50. The molecular weight excluding hydrogens is 154 g/mol. The molecule has 0 bridgehead atoms. The molecule has 0 radical (unpaired) electrons. The monoisotopic (exact) mass is 175 g/mol. The lowest BCUT2D eigenvalue weighted by molar-refractivity contribution is 0.111. The van der Waals surface area contributed by atoms with Crippen LogP contribution in [0, 0.1) is 5.92 Å². The summed E-state index contributed by atoms with van der Waals surface area (Å²) in [7, 11) is 1.68. The number of hydrogen-bond acceptors (Lipinski definition) is 3. The van der Waals surface area contributed by atoms with E-state index < -0.39 is 0 Å². The fourth-order valence-corrected chi connectivity index (χ4v) is 1.20. The van der Waals surface area contributed by atoms with Crippen molar-refractivity contribution in [1.29, 1.82) is 0 Å². The second-order valence-electron chi connectivity index (χ2n) is 3.54. The van der Waals surface area contributed by atoms with Gasteiger partial charge >= 0.3 is 0 Å². The SMILES string of the molecule is COCC(C)C(CO)NC(C)C. The summed E-state index contributed by atoms with van der Waals surface area (Å²) >= 11 is 0. The molecule has 0 saturated heterocycles. The standard InChI is InChI=1S/C9H21NO2/c1-7(2)10-9(5-11)8(3)6-12-4/h7-11H,5-6H2,1-4H3. The van der Waals surface area contributed by atoms with Crippen LogP contribution in [0.15, 0.2) is 0 Å². The number of aliphatic hydroxyl groups is 1. The molecule has 0 saturated carbocycles. The van der Waals surface area contributed by atoms with E-state index in [1.807, 2.05) is 0 Å². The lowest BCUT2D eigenvalue weighted by atomic mass is 10.0. The largest absolute Gasteiger partial charge is 0.395 e. The third-order valence-electron chi connectivity index (χ3n) is 1.86. The zero-order valence-electron chi connectivity index (χ0n) is 8.50. The molecule has 0 rings (SSSR count). The van der Waals surface area contributed by atoms with Crippen molar-refractivity contribution in [2.45, 2.75) is 32.9 Å². The topological polar surface area (TPSA) is 41.5 Å². The van der Waals surface area contributed by atoms with E-state index in [1.165, 1.54) is 0 Å². The Morgan fingerprint density at radius 3 is 2.25 bits per heavy atom. The molecule has 3 heteroatoms. The van der Waals surface area contributed by atoms with Crippen LogP contribution in [0.2, 0.25) is 0 Å². The maximum Gasteiger partial charge on any atom is 0.0588 e. The molecule has 0 aromatic rings. The summed E-state index contributed by atoms with van der Waals surface area (Å²) in [6.07, 6.45) is 0. The van der Waals surface area contributed by atoms with Crippen molar-refractivity contribution in [2.75, 3.05) is 20.3 Å². The second-order valence-corrected chi connectivity index (χ2v) is 3.54. The molecule has 0 aromatic heterocycles. The third-order valence-corrected chi connectivity index (χ3v) is 1.86. The predicted octanol–water partition coefficient (Wildman–Crippen LogP) is 0.628. The molecule has 12 heavy (non-hydrogen) atoms. The smallest absolute Gasteiger partial charge is 0.0588 e. The van der Waals surface area contributed by atoms with Gasteiger partial charge in [0, 0.05) is 19.2 Å². The molecule has 0 fully saturated rings. The van der Waals surface area contributed by atoms with E-state index in [1.54, 1.807) is 7.11 Å². The summed E-state index contributed by atoms with van der Waals surface area (Å²) in [5.41, 5.74) is 0. The van der Waals surface area contributed by atoms with Crippen molar-refractivity contribution in [3.8, 4) is 0 Å². The molecule has 2 unspecified atom stereocenters. The summed E-state index contributed by atoms with van der Waals surface area (Å²) in [6.45, 7) is 7.07. The first-order chi connectivity index (χ1) is 5.61. The first-order valence-corrected chi connectivity index (χ1v) is 4.47. The van der Waals surface area contributed by atoms with Gasteiger partial charge in [0.2, 0.25) is 0 Å². The third kappa shape index (κ3) is 4.70. The van der Waals surface area contributed by atoms with E-state index in [0.717, 1.165) is 0 Å². The van der Waals surface area contributed by atoms with Crippen LogP contribution in [0.1, 0.15) is 20.8 Å². The summed E-state index contributed by atoms with van der Waals surface area (Å²) in [6, 6.07) is 0.548. The van der Waals surface area contributed by atoms with Crippen LogP contribution in [0.3, 0.4) is 0 Å². The van der Waals surface area contributed by atoms with E-state index in [0.29, 0.717) is 18.6 Å². The van der Waals surface area contributed by atoms with E-state index in [4.69, 9.17) is 9.84 Å². The molecule has 2 atom stereocenters. The Morgan fingerprint density at radius 1 is 1.33 bits per heavy atom. The lowest BCUT2D eigenvalue weighted by Gasteiger charge is -2.24. The number of nitrogens with one attached hydrogen (secondary N) is 1. The van der Waals surface area contributed by atoms with Crippen LogP contribution in [-0.2, 0) is 4.74 Å². The Morgan fingerprint density at radius 2 is 1.92 bits per heavy atom. The van der Waals surface area contributed by atoms with E-state index in [-0.39, 0.29) is 12.6 Å². The average Bonchev–Trinajstić information content (AvgIpc) is 2.00. The minimum absolute atomic E-state index is 0.143. The van der Waals surface area contributed by atoms with Crippen LogP contribution in [0.4, 0.5) is 0 Å². The molecule has 0 heterocycles. The molecule has 0 amide bonds. The van der Waals surface area contributed by atoms with Gasteiger partial charge in [-0.15, -0.1) is 0 Å². The van der Waals surface area contributed by atoms with E-state index in [2.05, 4.69) is 26.1 Å². The van der Waals surface area contributed by atoms with Crippen LogP contribution in [0.25, 0.3) is 0 Å². The van der Waals surface area contributed by atoms with Gasteiger partial charge in [-0.1, -0.05) is 20.8 Å². The van der Waals surface area contributed by atoms with Gasteiger partial charge in [0.05, 0.1) is 13.2 Å². The summed E-state index contributed by atoms with van der Waals surface area (Å²) < 4.78 is 5.02. The fraction of sp³-hybridized carbons (Fsp3) is 1.00. The van der Waals surface area contributed by atoms with Gasteiger partial charge in [-0.25, -0.2) is 0 Å². The first kappa shape index (κ1) is 11.9. The molecule has 2 N–H and O–H groups in total. The average molecular weight is 175 g/mol. The minimum atomic E-state index is 0.143. The van der Waals surface area contributed by atoms with Crippen molar-refractivity contribution >= 4 is 0 Å². The van der Waals surface area contributed by atoms with Gasteiger partial charge < -0.3 is 15.2 Å². The molecular formula is C9H21NO2. The van der Waals surface area contributed by atoms with Crippen LogP contribution < -0.4 is 5.32 Å². The fourth-order valence-electron chi connectivity index (χ4n) is 1.20. The van der Waals surface area contributed by atoms with Crippen molar-refractivity contribution in [3.05, 3.63) is 0 Å². The van der Waals surface area contributed by atoms with Gasteiger partial charge in [0.15, 0.2) is 0 Å². The van der Waals surface area contributed by atoms with Gasteiger partial charge in [0.25, 0.3) is 0 Å². The highest BCUT2D eigenvalue weighted by Gasteiger charge is 2.16. The van der Waals surface area contributed by atoms with Crippen LogP contribution in [-0.4, -0.2) is 37.5 Å². The molecule has 3 nitrogen and oxygen atoms in total. The van der Waals surface area contributed by atoms with Gasteiger partial charge in [0.1, 0.15) is 0 Å². The Labute approximate surface area is 75.1 Å². The maximum atomic E-state index is 9.05. The predicted molar refractivity (Wildman–Crippen MR) is 50.2 cm³/mol. The Hall–Kier alpha value is -0.120. The van der Waals surface area contributed by atoms with Crippen molar-refractivity contribution in [3.63, 3.8) is 0 Å². The quantitative estimate of drug-likeness (QED) is 0.622. The number of ether oxygens (including phenoxy) is 1. The Bertz CT molecular complexity index is 107. The highest BCUT2D eigenvalue weighted by atomic mass is 16.5. The molecule has 0 spiro atoms. The molecule has 0 aliphatic carbocycles. The van der Waals surface area contributed by atoms with Crippen molar-refractivity contribution < 1.29 is 9.84 Å². The molecule has 0 aliphatic rings. The number of methoxy groups -OCH3 is 1. The zero-order chi connectivity index (χ0) is 9.56. The molecule has 0 aromatic carbocycles. The summed E-state index contributed by atoms with van der Waals surface area (Å²) in [4.78, 5) is 0. The van der Waals surface area contributed by atoms with Crippen molar-refractivity contribution in [1.82, 2.24) is 5.32 Å². The molecule has 74 valence electrons. The highest BCUT2D eigenvalue weighted by Crippen LogP contribution is 2.03. The van der Waals surface area contributed by atoms with Crippen LogP contribution in [0.5, 0.6) is 0 Å². The van der Waals surface area contributed by atoms with E-state index in [9.17, 15) is 0 Å². The van der Waals surface area contributed by atoms with E-state index >= 15 is 0 Å². The van der Waals surface area contributed by atoms with Gasteiger partial charge in [-0.05, 0) is 5.92 Å². The second kappa shape index (κ2) is 6.40. The molecule has 0 aliphatic heterocycles. The number of aliphatic hydroxyl groups excluding tert-OH is 1. The van der Waals surface area contributed by atoms with Crippen molar-refractivity contribution in [2.24, 2.45) is 5.92 Å². The number of hydrogen-bond donors (Lipinski definition) is 2. The van der Waals surface area contributed by atoms with Gasteiger partial charge in [-0.3, -0.25) is 0 Å². The Balaban J connectivity index is 3.78. The summed E-state index contributed by atoms with van der Waals surface area (Å²) in [5.74, 6) is 0.349. The minimum Gasteiger partial charge on any atom is -0.395 e. The summed E-state index contributed by atoms with van der Waals surface area (Å²) in [5, 5.41) is 12.3. The Kier molecular flexibility index (Phi) is 6.34. The lowest BCUT2D eigenvalue weighted by Crippen LogP contribution is -2.43. The maximum absolute atomic E-state index is 9.05. The highest BCUT2D eigenvalue weighted by molar-refractivity contribution is 4.73. The first-order valence-electron chi connectivity index (χ1n) is 4.47. The number of rotatable bonds is 6. The normalized spacial score (nSPS) is 16.5. The van der Waals surface area contributed by atoms with Crippen LogP contribution >= 0.6 is 0 Å². The van der Waals surface area contributed by atoms with Gasteiger partial charge in [-0.2, -0.15) is 0 Å².